The van der Waals surface area contributed by atoms with Crippen molar-refractivity contribution in [2.75, 3.05) is 19.6 Å². The molecule has 4 rings (SSSR count). The van der Waals surface area contributed by atoms with Crippen LogP contribution in [0.25, 0.3) is 0 Å². The summed E-state index contributed by atoms with van der Waals surface area (Å²) >= 11 is 0. The normalized spacial score (nSPS) is 22.8. The minimum Gasteiger partial charge on any atom is -0.457 e. The van der Waals surface area contributed by atoms with Crippen molar-refractivity contribution in [3.63, 3.8) is 0 Å². The minimum absolute atomic E-state index is 0. The van der Waals surface area contributed by atoms with Gasteiger partial charge >= 0.3 is 0 Å². The van der Waals surface area contributed by atoms with Crippen molar-refractivity contribution in [1.29, 1.82) is 0 Å². The molecule has 2 aliphatic heterocycles. The molecular weight excluding hydrogens is 348 g/mol. The molecule has 2 fully saturated rings. The van der Waals surface area contributed by atoms with E-state index >= 15 is 0 Å². The van der Waals surface area contributed by atoms with E-state index in [-0.39, 0.29) is 24.2 Å². The van der Waals surface area contributed by atoms with Crippen LogP contribution in [0.5, 0.6) is 11.5 Å². The molecule has 2 aromatic carbocycles. The van der Waals surface area contributed by atoms with Crippen LogP contribution in [-0.2, 0) is 0 Å². The number of halogens is 1. The molecule has 0 spiro atoms. The van der Waals surface area contributed by atoms with Gasteiger partial charge in [-0.3, -0.25) is 9.69 Å². The number of likely N-dealkylation sites (tertiary alicyclic amines) is 1. The molecule has 0 aromatic heterocycles. The van der Waals surface area contributed by atoms with Gasteiger partial charge in [-0.15, -0.1) is 12.4 Å². The SMILES string of the molecule is Cl.O=C(c1ccc(Oc2ccccc2)cc1)C1CCCN1C1CCNC1. The van der Waals surface area contributed by atoms with Gasteiger partial charge in [0.1, 0.15) is 11.5 Å². The van der Waals surface area contributed by atoms with E-state index in [4.69, 9.17) is 4.74 Å². The lowest BCUT2D eigenvalue weighted by Crippen LogP contribution is -2.44. The van der Waals surface area contributed by atoms with E-state index in [0.29, 0.717) is 6.04 Å². The zero-order chi connectivity index (χ0) is 17.1. The number of para-hydroxylation sites is 1. The average Bonchev–Trinajstić information content (AvgIpc) is 3.34. The summed E-state index contributed by atoms with van der Waals surface area (Å²) in [7, 11) is 0. The Balaban J connectivity index is 0.00000196. The summed E-state index contributed by atoms with van der Waals surface area (Å²) in [5, 5.41) is 3.41. The Hall–Kier alpha value is -1.88. The molecule has 2 aromatic rings. The lowest BCUT2D eigenvalue weighted by atomic mass is 10.0. The van der Waals surface area contributed by atoms with Crippen molar-refractivity contribution in [1.82, 2.24) is 10.2 Å². The van der Waals surface area contributed by atoms with Crippen molar-refractivity contribution in [3.8, 4) is 11.5 Å². The van der Waals surface area contributed by atoms with E-state index < -0.39 is 0 Å². The van der Waals surface area contributed by atoms with Gasteiger partial charge in [-0.2, -0.15) is 0 Å². The van der Waals surface area contributed by atoms with Crippen LogP contribution in [0.2, 0.25) is 0 Å². The van der Waals surface area contributed by atoms with E-state index in [9.17, 15) is 4.79 Å². The summed E-state index contributed by atoms with van der Waals surface area (Å²) in [4.78, 5) is 15.4. The van der Waals surface area contributed by atoms with Crippen LogP contribution in [0.4, 0.5) is 0 Å². The van der Waals surface area contributed by atoms with Gasteiger partial charge in [0.2, 0.25) is 0 Å². The molecule has 0 radical (unpaired) electrons. The van der Waals surface area contributed by atoms with Crippen LogP contribution >= 0.6 is 12.4 Å². The van der Waals surface area contributed by atoms with E-state index in [1.54, 1.807) is 0 Å². The molecule has 26 heavy (non-hydrogen) atoms. The number of Topliss-reactive ketones (excluding diaryl/α,β-unsaturated/α-hetero) is 1. The third-order valence-electron chi connectivity index (χ3n) is 5.22. The predicted molar refractivity (Wildman–Crippen MR) is 106 cm³/mol. The van der Waals surface area contributed by atoms with Crippen molar-refractivity contribution < 1.29 is 9.53 Å². The molecule has 5 heteroatoms. The zero-order valence-electron chi connectivity index (χ0n) is 14.8. The monoisotopic (exact) mass is 372 g/mol. The molecule has 2 heterocycles. The first kappa shape index (κ1) is 18.9. The first-order valence-electron chi connectivity index (χ1n) is 9.15. The second-order valence-corrected chi connectivity index (χ2v) is 6.85. The molecule has 2 aliphatic rings. The van der Waals surface area contributed by atoms with Gasteiger partial charge in [-0.25, -0.2) is 0 Å². The van der Waals surface area contributed by atoms with E-state index in [2.05, 4.69) is 10.2 Å². The van der Waals surface area contributed by atoms with E-state index in [1.165, 1.54) is 0 Å². The van der Waals surface area contributed by atoms with Crippen LogP contribution in [-0.4, -0.2) is 42.4 Å². The van der Waals surface area contributed by atoms with Gasteiger partial charge in [0.05, 0.1) is 6.04 Å². The highest BCUT2D eigenvalue weighted by Gasteiger charge is 2.36. The maximum Gasteiger partial charge on any atom is 0.179 e. The van der Waals surface area contributed by atoms with Gasteiger partial charge in [0, 0.05) is 18.2 Å². The number of rotatable bonds is 5. The Bertz CT molecular complexity index is 715. The molecule has 2 atom stereocenters. The molecule has 2 unspecified atom stereocenters. The third kappa shape index (κ3) is 4.09. The first-order chi connectivity index (χ1) is 12.3. The molecule has 0 saturated carbocycles. The summed E-state index contributed by atoms with van der Waals surface area (Å²) in [5.74, 6) is 1.80. The van der Waals surface area contributed by atoms with Crippen LogP contribution < -0.4 is 10.1 Å². The number of carbonyl (C=O) groups excluding carboxylic acids is 1. The second kappa shape index (κ2) is 8.67. The smallest absolute Gasteiger partial charge is 0.179 e. The Morgan fingerprint density at radius 3 is 2.42 bits per heavy atom. The van der Waals surface area contributed by atoms with Crippen LogP contribution in [0.15, 0.2) is 54.6 Å². The van der Waals surface area contributed by atoms with Gasteiger partial charge in [-0.05, 0) is 68.8 Å². The predicted octanol–water partition coefficient (Wildman–Crippen LogP) is 3.91. The lowest BCUT2D eigenvalue weighted by molar-refractivity contribution is 0.0826. The Morgan fingerprint density at radius 1 is 1.00 bits per heavy atom. The molecule has 0 bridgehead atoms. The number of nitrogens with zero attached hydrogens (tertiary/aromatic N) is 1. The van der Waals surface area contributed by atoms with Crippen molar-refractivity contribution in [3.05, 3.63) is 60.2 Å². The Kier molecular flexibility index (Phi) is 6.30. The average molecular weight is 373 g/mol. The highest BCUT2D eigenvalue weighted by molar-refractivity contribution is 6.00. The van der Waals surface area contributed by atoms with Gasteiger partial charge in [0.15, 0.2) is 5.78 Å². The highest BCUT2D eigenvalue weighted by Crippen LogP contribution is 2.27. The Morgan fingerprint density at radius 2 is 1.73 bits per heavy atom. The summed E-state index contributed by atoms with van der Waals surface area (Å²) in [6, 6.07) is 17.8. The number of ether oxygens (including phenoxy) is 1. The standard InChI is InChI=1S/C21H24N2O2.ClH/c24-21(20-7-4-14-23(20)17-12-13-22-15-17)16-8-10-19(11-9-16)25-18-5-2-1-3-6-18;/h1-3,5-6,8-11,17,20,22H,4,7,12-15H2;1H. The maximum absolute atomic E-state index is 13.0. The maximum atomic E-state index is 13.0. The summed E-state index contributed by atoms with van der Waals surface area (Å²) < 4.78 is 5.81. The fraction of sp³-hybridized carbons (Fsp3) is 0.381. The topological polar surface area (TPSA) is 41.6 Å². The highest BCUT2D eigenvalue weighted by atomic mass is 35.5. The number of carbonyl (C=O) groups is 1. The number of benzene rings is 2. The quantitative estimate of drug-likeness (QED) is 0.808. The number of nitrogens with one attached hydrogen (secondary N) is 1. The summed E-state index contributed by atoms with van der Waals surface area (Å²) in [6.45, 7) is 3.11. The summed E-state index contributed by atoms with van der Waals surface area (Å²) in [5.41, 5.74) is 0.781. The van der Waals surface area contributed by atoms with Gasteiger partial charge < -0.3 is 10.1 Å². The molecule has 0 amide bonds. The number of ketones is 1. The van der Waals surface area contributed by atoms with Crippen LogP contribution in [0.3, 0.4) is 0 Å². The summed E-state index contributed by atoms with van der Waals surface area (Å²) in [6.07, 6.45) is 3.23. The molecule has 0 aliphatic carbocycles. The number of hydrogen-bond acceptors (Lipinski definition) is 4. The third-order valence-corrected chi connectivity index (χ3v) is 5.22. The zero-order valence-corrected chi connectivity index (χ0v) is 15.6. The molecule has 4 nitrogen and oxygen atoms in total. The van der Waals surface area contributed by atoms with Crippen molar-refractivity contribution >= 4 is 18.2 Å². The molecule has 2 saturated heterocycles. The molecule has 1 N–H and O–H groups in total. The first-order valence-corrected chi connectivity index (χ1v) is 9.15. The fourth-order valence-electron chi connectivity index (χ4n) is 3.93. The fourth-order valence-corrected chi connectivity index (χ4v) is 3.93. The van der Waals surface area contributed by atoms with Crippen molar-refractivity contribution in [2.24, 2.45) is 0 Å². The van der Waals surface area contributed by atoms with Gasteiger partial charge in [0.25, 0.3) is 0 Å². The largest absolute Gasteiger partial charge is 0.457 e. The molecular formula is C21H25ClN2O2. The van der Waals surface area contributed by atoms with Crippen LogP contribution in [0.1, 0.15) is 29.6 Å². The number of hydrogen-bond donors (Lipinski definition) is 1. The molecule has 138 valence electrons. The van der Waals surface area contributed by atoms with Gasteiger partial charge in [-0.1, -0.05) is 18.2 Å². The Labute approximate surface area is 160 Å². The van der Waals surface area contributed by atoms with E-state index in [0.717, 1.165) is 56.0 Å². The van der Waals surface area contributed by atoms with Crippen LogP contribution in [0, 0.1) is 0 Å². The minimum atomic E-state index is 0. The van der Waals surface area contributed by atoms with E-state index in [1.807, 2.05) is 54.6 Å². The lowest BCUT2D eigenvalue weighted by Gasteiger charge is -2.29. The van der Waals surface area contributed by atoms with Crippen molar-refractivity contribution in [2.45, 2.75) is 31.3 Å². The second-order valence-electron chi connectivity index (χ2n) is 6.85.